The third-order valence-corrected chi connectivity index (χ3v) is 6.40. The molecule has 2 fully saturated rings. The number of aromatic nitrogens is 6. The number of nitriles is 1. The van der Waals surface area contributed by atoms with Gasteiger partial charge in [-0.25, -0.2) is 4.68 Å². The average molecular weight is 430 g/mol. The first kappa shape index (κ1) is 20.5. The van der Waals surface area contributed by atoms with Gasteiger partial charge in [0.1, 0.15) is 11.8 Å². The summed E-state index contributed by atoms with van der Waals surface area (Å²) in [4.78, 5) is 6.42. The molecule has 2 aliphatic rings. The molecule has 3 aromatic rings. The molecule has 164 valence electrons. The van der Waals surface area contributed by atoms with Crippen molar-refractivity contribution in [1.29, 1.82) is 5.26 Å². The molecule has 3 aromatic heterocycles. The summed E-state index contributed by atoms with van der Waals surface area (Å²) in [5, 5.41) is 30.1. The maximum absolute atomic E-state index is 9.05. The van der Waals surface area contributed by atoms with Crippen molar-refractivity contribution in [2.75, 3.05) is 24.5 Å². The van der Waals surface area contributed by atoms with Crippen molar-refractivity contribution in [1.82, 2.24) is 35.5 Å². The van der Waals surface area contributed by atoms with Gasteiger partial charge in [0.2, 0.25) is 0 Å². The molecule has 9 nitrogen and oxygen atoms in total. The van der Waals surface area contributed by atoms with Gasteiger partial charge in [-0.3, -0.25) is 4.98 Å². The van der Waals surface area contributed by atoms with E-state index in [0.717, 1.165) is 42.6 Å². The molecule has 9 heteroatoms. The summed E-state index contributed by atoms with van der Waals surface area (Å²) in [6.45, 7) is 3.65. The van der Waals surface area contributed by atoms with E-state index >= 15 is 0 Å². The number of anilines is 1. The minimum Gasteiger partial charge on any atom is -0.354 e. The number of hydrogen-bond acceptors (Lipinski definition) is 8. The predicted molar refractivity (Wildman–Crippen MR) is 120 cm³/mol. The first-order valence-corrected chi connectivity index (χ1v) is 11.3. The lowest BCUT2D eigenvalue weighted by Gasteiger charge is -2.35. The van der Waals surface area contributed by atoms with Crippen molar-refractivity contribution in [3.05, 3.63) is 48.0 Å². The fourth-order valence-corrected chi connectivity index (χ4v) is 4.30. The topological polar surface area (TPSA) is 108 Å². The second-order valence-corrected chi connectivity index (χ2v) is 8.75. The molecule has 4 heterocycles. The largest absolute Gasteiger partial charge is 0.354 e. The highest BCUT2D eigenvalue weighted by atomic mass is 15.4. The van der Waals surface area contributed by atoms with Crippen LogP contribution in [0.3, 0.4) is 0 Å². The Morgan fingerprint density at radius 1 is 1.09 bits per heavy atom. The maximum atomic E-state index is 9.05. The lowest BCUT2D eigenvalue weighted by Crippen LogP contribution is -2.47. The lowest BCUT2D eigenvalue weighted by atomic mass is 9.85. The highest BCUT2D eigenvalue weighted by Crippen LogP contribution is 2.26. The molecular weight excluding hydrogens is 402 g/mol. The number of nitrogens with zero attached hydrogens (tertiary/aromatic N) is 8. The van der Waals surface area contributed by atoms with Crippen LogP contribution in [0.4, 0.5) is 5.82 Å². The Balaban J connectivity index is 1.19. The SMILES string of the molecule is N#Cc1cncc(-c2cn(Cc3ccc(N4CCC[C@@H](NCC5CCC5)C4)nn3)nn2)c1. The van der Waals surface area contributed by atoms with Gasteiger partial charge in [0.15, 0.2) is 5.82 Å². The Hall–Kier alpha value is -3.38. The van der Waals surface area contributed by atoms with E-state index in [4.69, 9.17) is 5.26 Å². The van der Waals surface area contributed by atoms with Crippen molar-refractivity contribution in [2.45, 2.75) is 44.7 Å². The second kappa shape index (κ2) is 9.40. The van der Waals surface area contributed by atoms with E-state index in [1.807, 2.05) is 12.3 Å². The molecule has 1 aliphatic heterocycles. The van der Waals surface area contributed by atoms with Gasteiger partial charge >= 0.3 is 0 Å². The third-order valence-electron chi connectivity index (χ3n) is 6.40. The molecule has 0 aromatic carbocycles. The molecule has 0 radical (unpaired) electrons. The summed E-state index contributed by atoms with van der Waals surface area (Å²) in [6.07, 6.45) is 11.6. The summed E-state index contributed by atoms with van der Waals surface area (Å²) < 4.78 is 1.72. The smallest absolute Gasteiger partial charge is 0.151 e. The lowest BCUT2D eigenvalue weighted by molar-refractivity contribution is 0.280. The monoisotopic (exact) mass is 429 g/mol. The first-order chi connectivity index (χ1) is 15.8. The van der Waals surface area contributed by atoms with Gasteiger partial charge < -0.3 is 10.2 Å². The van der Waals surface area contributed by atoms with Crippen molar-refractivity contribution in [3.8, 4) is 17.3 Å². The standard InChI is InChI=1S/C23H27N9/c24-10-18-9-19(13-25-11-18)22-16-32(30-28-22)15-21-6-7-23(29-27-21)31-8-2-5-20(14-31)26-12-17-3-1-4-17/h6-7,9,11,13,16-17,20,26H,1-5,8,12,14-15H2/t20-/m1/s1. The summed E-state index contributed by atoms with van der Waals surface area (Å²) in [7, 11) is 0. The Morgan fingerprint density at radius 3 is 2.81 bits per heavy atom. The molecule has 1 aliphatic carbocycles. The quantitative estimate of drug-likeness (QED) is 0.610. The molecule has 1 saturated carbocycles. The summed E-state index contributed by atoms with van der Waals surface area (Å²) >= 11 is 0. The Kier molecular flexibility index (Phi) is 6.03. The van der Waals surface area contributed by atoms with Crippen molar-refractivity contribution < 1.29 is 0 Å². The van der Waals surface area contributed by atoms with Gasteiger partial charge in [-0.05, 0) is 56.3 Å². The fourth-order valence-electron chi connectivity index (χ4n) is 4.30. The summed E-state index contributed by atoms with van der Waals surface area (Å²) in [5.41, 5.74) is 2.76. The Morgan fingerprint density at radius 2 is 2.03 bits per heavy atom. The minimum absolute atomic E-state index is 0.483. The third kappa shape index (κ3) is 4.75. The van der Waals surface area contributed by atoms with Crippen molar-refractivity contribution in [3.63, 3.8) is 0 Å². The molecule has 0 bridgehead atoms. The molecule has 5 rings (SSSR count). The summed E-state index contributed by atoms with van der Waals surface area (Å²) in [6, 6.07) is 8.44. The van der Waals surface area contributed by atoms with E-state index in [0.29, 0.717) is 23.8 Å². The van der Waals surface area contributed by atoms with Crippen LogP contribution < -0.4 is 10.2 Å². The zero-order chi connectivity index (χ0) is 21.8. The van der Waals surface area contributed by atoms with Crippen LogP contribution in [0.1, 0.15) is 43.4 Å². The van der Waals surface area contributed by atoms with E-state index < -0.39 is 0 Å². The number of nitrogens with one attached hydrogen (secondary N) is 1. The second-order valence-electron chi connectivity index (χ2n) is 8.75. The van der Waals surface area contributed by atoms with Crippen LogP contribution in [0.2, 0.25) is 0 Å². The van der Waals surface area contributed by atoms with Gasteiger partial charge in [-0.1, -0.05) is 11.6 Å². The van der Waals surface area contributed by atoms with E-state index in [9.17, 15) is 0 Å². The molecule has 1 saturated heterocycles. The van der Waals surface area contributed by atoms with E-state index in [1.54, 1.807) is 16.9 Å². The Labute approximate surface area is 187 Å². The van der Waals surface area contributed by atoms with Crippen LogP contribution in [0.5, 0.6) is 0 Å². The normalized spacial score (nSPS) is 18.8. The fraction of sp³-hybridized carbons (Fsp3) is 0.478. The van der Waals surface area contributed by atoms with Crippen LogP contribution >= 0.6 is 0 Å². The number of rotatable bonds is 7. The van der Waals surface area contributed by atoms with Crippen LogP contribution in [-0.2, 0) is 6.54 Å². The van der Waals surface area contributed by atoms with Crippen LogP contribution in [0.15, 0.2) is 36.8 Å². The average Bonchev–Trinajstić information content (AvgIpc) is 3.27. The zero-order valence-corrected chi connectivity index (χ0v) is 18.1. The molecule has 1 N–H and O–H groups in total. The van der Waals surface area contributed by atoms with Gasteiger partial charge in [-0.2, -0.15) is 10.4 Å². The van der Waals surface area contributed by atoms with Crippen LogP contribution in [0, 0.1) is 17.2 Å². The predicted octanol–water partition coefficient (Wildman–Crippen LogP) is 2.41. The van der Waals surface area contributed by atoms with Crippen LogP contribution in [-0.4, -0.2) is 55.9 Å². The van der Waals surface area contributed by atoms with Crippen molar-refractivity contribution in [2.24, 2.45) is 5.92 Å². The van der Waals surface area contributed by atoms with Gasteiger partial charge in [0.25, 0.3) is 0 Å². The molecule has 32 heavy (non-hydrogen) atoms. The summed E-state index contributed by atoms with van der Waals surface area (Å²) in [5.74, 6) is 1.82. The van der Waals surface area contributed by atoms with Gasteiger partial charge in [0, 0.05) is 37.1 Å². The zero-order valence-electron chi connectivity index (χ0n) is 18.1. The van der Waals surface area contributed by atoms with Crippen LogP contribution in [0.25, 0.3) is 11.3 Å². The first-order valence-electron chi connectivity index (χ1n) is 11.3. The van der Waals surface area contributed by atoms with Gasteiger partial charge in [0.05, 0.1) is 24.0 Å². The molecule has 1 atom stereocenters. The minimum atomic E-state index is 0.483. The number of hydrogen-bond donors (Lipinski definition) is 1. The van der Waals surface area contributed by atoms with Gasteiger partial charge in [-0.15, -0.1) is 10.2 Å². The highest BCUT2D eigenvalue weighted by Gasteiger charge is 2.23. The molecule has 0 unspecified atom stereocenters. The van der Waals surface area contributed by atoms with E-state index in [1.165, 1.54) is 38.3 Å². The molecule has 0 amide bonds. The highest BCUT2D eigenvalue weighted by molar-refractivity contribution is 5.58. The van der Waals surface area contributed by atoms with Crippen molar-refractivity contribution >= 4 is 5.82 Å². The Bertz CT molecular complexity index is 1080. The number of pyridine rings is 1. The van der Waals surface area contributed by atoms with E-state index in [2.05, 4.69) is 47.8 Å². The molecular formula is C23H27N9. The molecule has 0 spiro atoms. The number of piperidine rings is 1. The maximum Gasteiger partial charge on any atom is 0.151 e. The van der Waals surface area contributed by atoms with E-state index in [-0.39, 0.29) is 0 Å².